The molecule has 2 aromatic rings. The van der Waals surface area contributed by atoms with Gasteiger partial charge >= 0.3 is 0 Å². The Morgan fingerprint density at radius 1 is 1.21 bits per heavy atom. The van der Waals surface area contributed by atoms with Gasteiger partial charge in [0.1, 0.15) is 11.5 Å². The second-order valence-electron chi connectivity index (χ2n) is 4.49. The Morgan fingerprint density at radius 2 is 1.83 bits per heavy atom. The smallest absolute Gasteiger partial charge is 0.271 e. The van der Waals surface area contributed by atoms with Gasteiger partial charge in [0, 0.05) is 23.3 Å². The number of phenols is 2. The Hall–Kier alpha value is -2.46. The molecule has 0 aliphatic rings. The number of nitrogens with one attached hydrogen (secondary N) is 1. The number of nitro groups is 1. The summed E-state index contributed by atoms with van der Waals surface area (Å²) < 4.78 is 0.643. The largest absolute Gasteiger partial charge is 0.507 e. The highest BCUT2D eigenvalue weighted by Crippen LogP contribution is 2.33. The lowest BCUT2D eigenvalue weighted by Gasteiger charge is -2.05. The Kier molecular flexibility index (Phi) is 5.52. The quantitative estimate of drug-likeness (QED) is 0.368. The van der Waals surface area contributed by atoms with Gasteiger partial charge < -0.3 is 10.2 Å². The molecular weight excluding hydrogens is 450 g/mol. The first-order valence-electron chi connectivity index (χ1n) is 6.28. The van der Waals surface area contributed by atoms with Crippen molar-refractivity contribution >= 4 is 49.7 Å². The van der Waals surface area contributed by atoms with Crippen LogP contribution in [0.5, 0.6) is 11.5 Å². The van der Waals surface area contributed by atoms with Gasteiger partial charge in [-0.3, -0.25) is 14.9 Å². The molecule has 2 aromatic carbocycles. The first kappa shape index (κ1) is 17.9. The molecule has 0 aromatic heterocycles. The second kappa shape index (κ2) is 7.41. The Bertz CT molecular complexity index is 831. The summed E-state index contributed by atoms with van der Waals surface area (Å²) in [5, 5.41) is 33.6. The molecule has 0 unspecified atom stereocenters. The third kappa shape index (κ3) is 4.09. The van der Waals surface area contributed by atoms with Crippen molar-refractivity contribution in [1.29, 1.82) is 0 Å². The molecule has 0 aliphatic heterocycles. The highest BCUT2D eigenvalue weighted by molar-refractivity contribution is 9.11. The van der Waals surface area contributed by atoms with E-state index in [0.717, 1.165) is 24.4 Å². The summed E-state index contributed by atoms with van der Waals surface area (Å²) in [6.07, 6.45) is 1.09. The van der Waals surface area contributed by atoms with Crippen molar-refractivity contribution in [3.8, 4) is 11.5 Å². The lowest BCUT2D eigenvalue weighted by Crippen LogP contribution is -2.17. The number of nitrogens with zero attached hydrogens (tertiary/aromatic N) is 2. The van der Waals surface area contributed by atoms with Crippen molar-refractivity contribution in [2.45, 2.75) is 0 Å². The van der Waals surface area contributed by atoms with Crippen LogP contribution in [0.25, 0.3) is 0 Å². The third-order valence-electron chi connectivity index (χ3n) is 2.87. The van der Waals surface area contributed by atoms with Crippen LogP contribution in [0.15, 0.2) is 44.4 Å². The molecule has 8 nitrogen and oxygen atoms in total. The molecule has 1 amide bonds. The summed E-state index contributed by atoms with van der Waals surface area (Å²) in [7, 11) is 0. The maximum Gasteiger partial charge on any atom is 0.271 e. The zero-order chi connectivity index (χ0) is 17.9. The van der Waals surface area contributed by atoms with Gasteiger partial charge in [0.2, 0.25) is 0 Å². The van der Waals surface area contributed by atoms with Crippen LogP contribution in [-0.2, 0) is 0 Å². The number of hydrogen-bond acceptors (Lipinski definition) is 6. The Morgan fingerprint density at radius 3 is 2.42 bits per heavy atom. The Balaban J connectivity index is 2.16. The van der Waals surface area contributed by atoms with Crippen molar-refractivity contribution in [2.24, 2.45) is 5.10 Å². The van der Waals surface area contributed by atoms with Crippen LogP contribution in [-0.4, -0.2) is 27.3 Å². The fraction of sp³-hybridized carbons (Fsp3) is 0. The predicted molar refractivity (Wildman–Crippen MR) is 93.3 cm³/mol. The molecule has 124 valence electrons. The number of benzene rings is 2. The Labute approximate surface area is 152 Å². The van der Waals surface area contributed by atoms with Gasteiger partial charge in [-0.2, -0.15) is 5.10 Å². The minimum Gasteiger partial charge on any atom is -0.507 e. The van der Waals surface area contributed by atoms with Crippen LogP contribution in [0.2, 0.25) is 0 Å². The van der Waals surface area contributed by atoms with E-state index < -0.39 is 10.8 Å². The average molecular weight is 459 g/mol. The number of hydrazone groups is 1. The van der Waals surface area contributed by atoms with E-state index in [9.17, 15) is 25.1 Å². The number of halogens is 2. The van der Waals surface area contributed by atoms with E-state index in [-0.39, 0.29) is 28.3 Å². The molecule has 0 saturated heterocycles. The molecule has 0 heterocycles. The van der Waals surface area contributed by atoms with E-state index >= 15 is 0 Å². The van der Waals surface area contributed by atoms with Gasteiger partial charge in [-0.1, -0.05) is 0 Å². The van der Waals surface area contributed by atoms with E-state index in [1.54, 1.807) is 0 Å². The lowest BCUT2D eigenvalue weighted by molar-refractivity contribution is -0.384. The number of non-ortho nitro benzene ring substituents is 1. The number of phenolic OH excluding ortho intramolecular Hbond substituents is 2. The van der Waals surface area contributed by atoms with Gasteiger partial charge in [0.15, 0.2) is 0 Å². The van der Waals surface area contributed by atoms with Crippen molar-refractivity contribution in [3.05, 3.63) is 60.5 Å². The van der Waals surface area contributed by atoms with E-state index in [1.165, 1.54) is 12.1 Å². The number of rotatable bonds is 4. The molecule has 0 atom stereocenters. The first-order valence-corrected chi connectivity index (χ1v) is 7.87. The summed E-state index contributed by atoms with van der Waals surface area (Å²) in [6.45, 7) is 0. The minimum atomic E-state index is -0.610. The van der Waals surface area contributed by atoms with Gasteiger partial charge in [0.05, 0.1) is 20.1 Å². The molecular formula is C14H9Br2N3O5. The normalized spacial score (nSPS) is 10.8. The van der Waals surface area contributed by atoms with E-state index in [2.05, 4.69) is 42.4 Å². The molecule has 0 fully saturated rings. The van der Waals surface area contributed by atoms with Crippen LogP contribution in [0, 0.1) is 10.1 Å². The molecule has 3 N–H and O–H groups in total. The minimum absolute atomic E-state index is 0.0448. The van der Waals surface area contributed by atoms with Crippen LogP contribution < -0.4 is 5.43 Å². The topological polar surface area (TPSA) is 125 Å². The fourth-order valence-corrected chi connectivity index (χ4v) is 2.87. The van der Waals surface area contributed by atoms with Crippen molar-refractivity contribution in [2.75, 3.05) is 0 Å². The highest BCUT2D eigenvalue weighted by atomic mass is 79.9. The van der Waals surface area contributed by atoms with Gasteiger partial charge in [-0.25, -0.2) is 5.43 Å². The molecule has 0 aliphatic carbocycles. The van der Waals surface area contributed by atoms with Crippen molar-refractivity contribution in [3.63, 3.8) is 0 Å². The lowest BCUT2D eigenvalue weighted by atomic mass is 10.2. The monoisotopic (exact) mass is 457 g/mol. The summed E-state index contributed by atoms with van der Waals surface area (Å²) in [5.74, 6) is -0.831. The average Bonchev–Trinajstić information content (AvgIpc) is 2.53. The van der Waals surface area contributed by atoms with Crippen molar-refractivity contribution in [1.82, 2.24) is 5.43 Å². The first-order chi connectivity index (χ1) is 11.3. The summed E-state index contributed by atoms with van der Waals surface area (Å²) in [6, 6.07) is 6.23. The molecule has 0 bridgehead atoms. The van der Waals surface area contributed by atoms with Crippen LogP contribution in [0.1, 0.15) is 15.9 Å². The van der Waals surface area contributed by atoms with Crippen LogP contribution in [0.4, 0.5) is 5.69 Å². The van der Waals surface area contributed by atoms with E-state index in [1.807, 2.05) is 0 Å². The maximum absolute atomic E-state index is 12.0. The summed E-state index contributed by atoms with van der Waals surface area (Å²) in [5.41, 5.74) is 2.30. The van der Waals surface area contributed by atoms with Gasteiger partial charge in [-0.05, 0) is 50.1 Å². The number of amides is 1. The van der Waals surface area contributed by atoms with E-state index in [4.69, 9.17) is 0 Å². The number of carbonyl (C=O) groups excluding carboxylic acids is 1. The predicted octanol–water partition coefficient (Wildman–Crippen LogP) is 3.29. The molecule has 0 radical (unpaired) electrons. The SMILES string of the molecule is O=C(N/N=C\c1cc([N+](=O)[O-])ccc1O)c1cc(Br)c(O)c(Br)c1. The number of hydrogen-bond donors (Lipinski definition) is 3. The van der Waals surface area contributed by atoms with Gasteiger partial charge in [0.25, 0.3) is 11.6 Å². The molecule has 24 heavy (non-hydrogen) atoms. The fourth-order valence-electron chi connectivity index (χ4n) is 1.68. The zero-order valence-corrected chi connectivity index (χ0v) is 14.9. The summed E-state index contributed by atoms with van der Waals surface area (Å²) in [4.78, 5) is 22.1. The maximum atomic E-state index is 12.0. The van der Waals surface area contributed by atoms with Gasteiger partial charge in [-0.15, -0.1) is 0 Å². The number of nitro benzene ring substituents is 1. The van der Waals surface area contributed by atoms with Crippen LogP contribution >= 0.6 is 31.9 Å². The molecule has 0 saturated carbocycles. The molecule has 2 rings (SSSR count). The van der Waals surface area contributed by atoms with Crippen LogP contribution in [0.3, 0.4) is 0 Å². The number of aromatic hydroxyl groups is 2. The second-order valence-corrected chi connectivity index (χ2v) is 6.20. The standard InChI is InChI=1S/C14H9Br2N3O5/c15-10-4-7(5-11(16)13(10)21)14(22)18-17-6-8-3-9(19(23)24)1-2-12(8)20/h1-6,20-21H,(H,18,22)/b17-6-. The molecule has 0 spiro atoms. The summed E-state index contributed by atoms with van der Waals surface area (Å²) >= 11 is 6.21. The third-order valence-corrected chi connectivity index (χ3v) is 4.08. The zero-order valence-electron chi connectivity index (χ0n) is 11.7. The van der Waals surface area contributed by atoms with Crippen molar-refractivity contribution < 1.29 is 19.9 Å². The molecule has 10 heteroatoms. The van der Waals surface area contributed by atoms with E-state index in [0.29, 0.717) is 8.95 Å². The number of carbonyl (C=O) groups is 1. The highest BCUT2D eigenvalue weighted by Gasteiger charge is 2.12.